The molecule has 0 bridgehead atoms. The molecular formula is C24H20F7N9O. The molecule has 1 aliphatic rings. The number of fused-ring (bicyclic) bond motifs is 2. The number of anilines is 2. The number of rotatable bonds is 8. The van der Waals surface area contributed by atoms with E-state index in [1.165, 1.54) is 12.3 Å². The molecule has 0 radical (unpaired) electrons. The van der Waals surface area contributed by atoms with Gasteiger partial charge in [0.05, 0.1) is 34.9 Å². The smallest absolute Gasteiger partial charge is 0.368 e. The maximum Gasteiger partial charge on any atom is 0.407 e. The van der Waals surface area contributed by atoms with Crippen molar-refractivity contribution in [3.8, 4) is 11.5 Å². The Labute approximate surface area is 226 Å². The number of nitrogens with two attached hydrogens (primary N) is 1. The number of carbonyl (C=O) groups excluding carboxylic acids is 1. The zero-order valence-corrected chi connectivity index (χ0v) is 21.0. The lowest BCUT2D eigenvalue weighted by molar-refractivity contribution is -0.186. The highest BCUT2D eigenvalue weighted by molar-refractivity contribution is 6.07. The van der Waals surface area contributed by atoms with Gasteiger partial charge >= 0.3 is 6.18 Å². The van der Waals surface area contributed by atoms with E-state index in [0.29, 0.717) is 6.92 Å². The molecule has 10 nitrogen and oxygen atoms in total. The van der Waals surface area contributed by atoms with Crippen LogP contribution in [-0.2, 0) is 16.8 Å². The molecule has 0 aliphatic carbocycles. The Morgan fingerprint density at radius 1 is 1.15 bits per heavy atom. The van der Waals surface area contributed by atoms with Gasteiger partial charge in [-0.25, -0.2) is 37.2 Å². The molecule has 0 spiro atoms. The number of aromatic nitrogens is 6. The zero-order valence-electron chi connectivity index (χ0n) is 21.0. The van der Waals surface area contributed by atoms with E-state index in [0.717, 1.165) is 23.0 Å². The van der Waals surface area contributed by atoms with E-state index in [2.05, 4.69) is 35.7 Å². The van der Waals surface area contributed by atoms with Crippen LogP contribution in [0.25, 0.3) is 22.6 Å². The van der Waals surface area contributed by atoms with Gasteiger partial charge in [0, 0.05) is 12.7 Å². The summed E-state index contributed by atoms with van der Waals surface area (Å²) in [5, 5.41) is 8.79. The number of hydrogen-bond acceptors (Lipinski definition) is 8. The van der Waals surface area contributed by atoms with E-state index in [4.69, 9.17) is 5.73 Å². The standard InChI is InChI=1S/C24H20F7N9O/c1-22(24(29,30)31)15-17(35-10-23(32,8-25)9-26)36-19(37-18(15)38-21(22)41)16-12-5-11(27)6-34-20(12)40(39-16)7-14-13(28)3-2-4-33-14/h2-6H,7-10,32H2,1H3,(H2,35,36,37,38,41). The van der Waals surface area contributed by atoms with Gasteiger partial charge < -0.3 is 16.4 Å². The van der Waals surface area contributed by atoms with Gasteiger partial charge in [-0.15, -0.1) is 0 Å². The fourth-order valence-electron chi connectivity index (χ4n) is 4.25. The second-order valence-electron chi connectivity index (χ2n) is 9.64. The molecule has 0 aromatic carbocycles. The summed E-state index contributed by atoms with van der Waals surface area (Å²) < 4.78 is 99.1. The van der Waals surface area contributed by atoms with E-state index >= 15 is 0 Å². The first-order valence-electron chi connectivity index (χ1n) is 11.9. The normalized spacial score (nSPS) is 17.1. The minimum absolute atomic E-state index is 0.00386. The van der Waals surface area contributed by atoms with E-state index in [1.807, 2.05) is 0 Å². The number of carbonyl (C=O) groups is 1. The van der Waals surface area contributed by atoms with Crippen molar-refractivity contribution in [2.24, 2.45) is 5.73 Å². The van der Waals surface area contributed by atoms with Gasteiger partial charge in [0.2, 0.25) is 5.91 Å². The Hall–Kier alpha value is -4.41. The lowest BCUT2D eigenvalue weighted by Gasteiger charge is -2.28. The van der Waals surface area contributed by atoms with Crippen molar-refractivity contribution in [3.05, 3.63) is 53.5 Å². The van der Waals surface area contributed by atoms with Gasteiger partial charge in [-0.1, -0.05) is 0 Å². The topological polar surface area (TPSA) is 137 Å². The lowest BCUT2D eigenvalue weighted by Crippen LogP contribution is -2.51. The molecule has 1 unspecified atom stereocenters. The molecule has 1 aliphatic heterocycles. The predicted octanol–water partition coefficient (Wildman–Crippen LogP) is 3.43. The van der Waals surface area contributed by atoms with Crippen LogP contribution < -0.4 is 16.4 Å². The third-order valence-corrected chi connectivity index (χ3v) is 6.70. The summed E-state index contributed by atoms with van der Waals surface area (Å²) in [5.41, 5.74) is -0.561. The van der Waals surface area contributed by atoms with Crippen molar-refractivity contribution in [1.29, 1.82) is 0 Å². The van der Waals surface area contributed by atoms with E-state index in [1.54, 1.807) is 0 Å². The highest BCUT2D eigenvalue weighted by atomic mass is 19.4. The van der Waals surface area contributed by atoms with Crippen molar-refractivity contribution in [2.75, 3.05) is 30.5 Å². The van der Waals surface area contributed by atoms with Gasteiger partial charge in [-0.05, 0) is 25.1 Å². The number of halogens is 7. The third-order valence-electron chi connectivity index (χ3n) is 6.70. The Bertz CT molecular complexity index is 1650. The molecule has 4 aromatic rings. The van der Waals surface area contributed by atoms with E-state index < -0.39 is 77.6 Å². The van der Waals surface area contributed by atoms with Crippen LogP contribution >= 0.6 is 0 Å². The number of alkyl halides is 5. The molecule has 17 heteroatoms. The number of amides is 1. The van der Waals surface area contributed by atoms with Crippen LogP contribution in [-0.4, -0.2) is 67.2 Å². The first kappa shape index (κ1) is 28.1. The summed E-state index contributed by atoms with van der Waals surface area (Å²) in [7, 11) is 0. The van der Waals surface area contributed by atoms with E-state index in [-0.39, 0.29) is 29.0 Å². The maximum absolute atomic E-state index is 14.3. The van der Waals surface area contributed by atoms with Gasteiger partial charge in [0.1, 0.15) is 42.3 Å². The molecule has 41 heavy (non-hydrogen) atoms. The Balaban J connectivity index is 1.71. The largest absolute Gasteiger partial charge is 0.407 e. The Kier molecular flexibility index (Phi) is 6.79. The summed E-state index contributed by atoms with van der Waals surface area (Å²) in [5.74, 6) is -4.52. The fraction of sp³-hybridized carbons (Fsp3) is 0.333. The molecule has 5 rings (SSSR count). The zero-order chi connectivity index (χ0) is 29.7. The summed E-state index contributed by atoms with van der Waals surface area (Å²) in [4.78, 5) is 28.7. The maximum atomic E-state index is 14.3. The van der Waals surface area contributed by atoms with Crippen LogP contribution in [0.4, 0.5) is 42.4 Å². The van der Waals surface area contributed by atoms with Crippen LogP contribution in [0, 0.1) is 11.6 Å². The second-order valence-corrected chi connectivity index (χ2v) is 9.64. The third kappa shape index (κ3) is 4.68. The quantitative estimate of drug-likeness (QED) is 0.269. The molecule has 5 heterocycles. The molecule has 1 amide bonds. The van der Waals surface area contributed by atoms with Crippen molar-refractivity contribution in [3.63, 3.8) is 0 Å². The average molecular weight is 583 g/mol. The average Bonchev–Trinajstić information content (AvgIpc) is 3.42. The predicted molar refractivity (Wildman–Crippen MR) is 131 cm³/mol. The summed E-state index contributed by atoms with van der Waals surface area (Å²) in [6.45, 7) is -3.12. The van der Waals surface area contributed by atoms with Crippen molar-refractivity contribution in [2.45, 2.75) is 30.6 Å². The van der Waals surface area contributed by atoms with Crippen LogP contribution in [0.1, 0.15) is 18.2 Å². The Morgan fingerprint density at radius 2 is 1.88 bits per heavy atom. The highest BCUT2D eigenvalue weighted by Crippen LogP contribution is 2.50. The van der Waals surface area contributed by atoms with Crippen molar-refractivity contribution in [1.82, 2.24) is 29.7 Å². The van der Waals surface area contributed by atoms with Crippen molar-refractivity contribution < 1.29 is 35.5 Å². The SMILES string of the molecule is CC1(C(F)(F)F)C(=O)Nc2nc(-c3nn(Cc4ncccc4F)c4ncc(F)cc34)nc(NCC(N)(CF)CF)c21. The van der Waals surface area contributed by atoms with Gasteiger partial charge in [-0.2, -0.15) is 18.3 Å². The number of nitrogens with zero attached hydrogens (tertiary/aromatic N) is 6. The summed E-state index contributed by atoms with van der Waals surface area (Å²) in [6, 6.07) is 3.54. The van der Waals surface area contributed by atoms with Crippen molar-refractivity contribution >= 4 is 28.6 Å². The molecular weight excluding hydrogens is 563 g/mol. The number of hydrogen-bond donors (Lipinski definition) is 3. The fourth-order valence-corrected chi connectivity index (χ4v) is 4.25. The lowest BCUT2D eigenvalue weighted by atomic mass is 9.83. The minimum Gasteiger partial charge on any atom is -0.368 e. The van der Waals surface area contributed by atoms with Gasteiger partial charge in [0.25, 0.3) is 0 Å². The molecule has 1 atom stereocenters. The van der Waals surface area contributed by atoms with Gasteiger partial charge in [-0.3, -0.25) is 9.78 Å². The monoisotopic (exact) mass is 583 g/mol. The molecule has 4 N–H and O–H groups in total. The van der Waals surface area contributed by atoms with Gasteiger partial charge in [0.15, 0.2) is 16.9 Å². The molecule has 4 aromatic heterocycles. The second kappa shape index (κ2) is 9.90. The minimum atomic E-state index is -5.13. The number of nitrogens with one attached hydrogen (secondary N) is 2. The molecule has 0 saturated carbocycles. The first-order chi connectivity index (χ1) is 19.3. The first-order valence-corrected chi connectivity index (χ1v) is 11.9. The van der Waals surface area contributed by atoms with Crippen LogP contribution in [0.2, 0.25) is 0 Å². The van der Waals surface area contributed by atoms with Crippen LogP contribution in [0.3, 0.4) is 0 Å². The highest BCUT2D eigenvalue weighted by Gasteiger charge is 2.63. The number of pyridine rings is 2. The molecule has 0 saturated heterocycles. The van der Waals surface area contributed by atoms with Crippen LogP contribution in [0.5, 0.6) is 0 Å². The molecule has 216 valence electrons. The van der Waals surface area contributed by atoms with Crippen LogP contribution in [0.15, 0.2) is 30.6 Å². The van der Waals surface area contributed by atoms with E-state index in [9.17, 15) is 35.5 Å². The summed E-state index contributed by atoms with van der Waals surface area (Å²) in [6.07, 6.45) is -2.91. The molecule has 0 fully saturated rings. The summed E-state index contributed by atoms with van der Waals surface area (Å²) >= 11 is 0. The Morgan fingerprint density at radius 3 is 2.54 bits per heavy atom.